The summed E-state index contributed by atoms with van der Waals surface area (Å²) in [6.45, 7) is 3.88. The van der Waals surface area contributed by atoms with Gasteiger partial charge < -0.3 is 5.32 Å². The molecule has 0 radical (unpaired) electrons. The Morgan fingerprint density at radius 2 is 2.18 bits per heavy atom. The van der Waals surface area contributed by atoms with Crippen molar-refractivity contribution in [1.82, 2.24) is 10.3 Å². The summed E-state index contributed by atoms with van der Waals surface area (Å²) in [4.78, 5) is 15.7. The van der Waals surface area contributed by atoms with Crippen LogP contribution in [0.15, 0.2) is 43.0 Å². The van der Waals surface area contributed by atoms with Crippen molar-refractivity contribution in [3.8, 4) is 0 Å². The lowest BCUT2D eigenvalue weighted by Crippen LogP contribution is -2.24. The molecule has 3 nitrogen and oxygen atoms in total. The fourth-order valence-electron chi connectivity index (χ4n) is 1.47. The van der Waals surface area contributed by atoms with Crippen LogP contribution in [-0.2, 0) is 0 Å². The molecule has 0 aliphatic rings. The van der Waals surface area contributed by atoms with Gasteiger partial charge in [-0.15, -0.1) is 6.58 Å². The molecule has 0 spiro atoms. The number of halogens is 1. The molecule has 1 aromatic carbocycles. The average molecular weight is 230 g/mol. The molecule has 2 aromatic rings. The van der Waals surface area contributed by atoms with Crippen molar-refractivity contribution in [3.63, 3.8) is 0 Å². The molecule has 0 fully saturated rings. The highest BCUT2D eigenvalue weighted by atomic mass is 19.1. The Balaban J connectivity index is 2.36. The lowest BCUT2D eigenvalue weighted by atomic mass is 10.2. The Morgan fingerprint density at radius 1 is 1.41 bits per heavy atom. The second-order valence-electron chi connectivity index (χ2n) is 3.53. The van der Waals surface area contributed by atoms with Crippen LogP contribution in [0.25, 0.3) is 10.9 Å². The van der Waals surface area contributed by atoms with E-state index < -0.39 is 0 Å². The van der Waals surface area contributed by atoms with Crippen LogP contribution in [0.5, 0.6) is 0 Å². The number of carbonyl (C=O) groups excluding carboxylic acids is 1. The summed E-state index contributed by atoms with van der Waals surface area (Å²) >= 11 is 0. The number of pyridine rings is 1. The van der Waals surface area contributed by atoms with Crippen LogP contribution in [0.4, 0.5) is 4.39 Å². The highest BCUT2D eigenvalue weighted by Gasteiger charge is 2.07. The van der Waals surface area contributed by atoms with E-state index in [0.29, 0.717) is 12.1 Å². The standard InChI is InChI=1S/C13H11FN2O/c1-2-7-15-13(17)11-6-4-9-3-5-10(14)8-12(9)16-11/h2-6,8H,1,7H2,(H,15,17). The van der Waals surface area contributed by atoms with Gasteiger partial charge >= 0.3 is 0 Å². The van der Waals surface area contributed by atoms with E-state index in [0.717, 1.165) is 5.39 Å². The SMILES string of the molecule is C=CCNC(=O)c1ccc2ccc(F)cc2n1. The smallest absolute Gasteiger partial charge is 0.270 e. The second kappa shape index (κ2) is 4.74. The molecular formula is C13H11FN2O. The average Bonchev–Trinajstić information content (AvgIpc) is 2.35. The summed E-state index contributed by atoms with van der Waals surface area (Å²) < 4.78 is 13.0. The molecule has 0 unspecified atom stereocenters. The van der Waals surface area contributed by atoms with Crippen LogP contribution in [0.1, 0.15) is 10.5 Å². The highest BCUT2D eigenvalue weighted by Crippen LogP contribution is 2.13. The van der Waals surface area contributed by atoms with Gasteiger partial charge in [0.2, 0.25) is 0 Å². The number of benzene rings is 1. The molecule has 0 saturated heterocycles. The third-order valence-corrected chi connectivity index (χ3v) is 2.29. The maximum atomic E-state index is 13.0. The summed E-state index contributed by atoms with van der Waals surface area (Å²) in [6.07, 6.45) is 1.58. The normalized spacial score (nSPS) is 10.2. The monoisotopic (exact) mass is 230 g/mol. The van der Waals surface area contributed by atoms with E-state index >= 15 is 0 Å². The number of hydrogen-bond donors (Lipinski definition) is 1. The second-order valence-corrected chi connectivity index (χ2v) is 3.53. The van der Waals surface area contributed by atoms with Crippen molar-refractivity contribution in [3.05, 3.63) is 54.5 Å². The number of amides is 1. The Morgan fingerprint density at radius 3 is 2.94 bits per heavy atom. The van der Waals surface area contributed by atoms with Crippen molar-refractivity contribution >= 4 is 16.8 Å². The van der Waals surface area contributed by atoms with Gasteiger partial charge in [0.25, 0.3) is 5.91 Å². The van der Waals surface area contributed by atoms with Crippen LogP contribution < -0.4 is 5.32 Å². The van der Waals surface area contributed by atoms with E-state index in [9.17, 15) is 9.18 Å². The van der Waals surface area contributed by atoms with Gasteiger partial charge in [-0.3, -0.25) is 4.79 Å². The molecule has 1 aromatic heterocycles. The van der Waals surface area contributed by atoms with E-state index in [4.69, 9.17) is 0 Å². The first-order valence-corrected chi connectivity index (χ1v) is 5.16. The Labute approximate surface area is 98.0 Å². The Kier molecular flexibility index (Phi) is 3.14. The molecular weight excluding hydrogens is 219 g/mol. The van der Waals surface area contributed by atoms with Crippen LogP contribution in [0.3, 0.4) is 0 Å². The zero-order valence-corrected chi connectivity index (χ0v) is 9.11. The van der Waals surface area contributed by atoms with E-state index in [2.05, 4.69) is 16.9 Å². The minimum absolute atomic E-state index is 0.268. The zero-order chi connectivity index (χ0) is 12.3. The van der Waals surface area contributed by atoms with Gasteiger partial charge in [-0.05, 0) is 18.2 Å². The van der Waals surface area contributed by atoms with Crippen molar-refractivity contribution in [2.45, 2.75) is 0 Å². The van der Waals surface area contributed by atoms with E-state index in [1.165, 1.54) is 12.1 Å². The molecule has 0 atom stereocenters. The number of aromatic nitrogens is 1. The molecule has 17 heavy (non-hydrogen) atoms. The Bertz CT molecular complexity index is 581. The quantitative estimate of drug-likeness (QED) is 0.822. The van der Waals surface area contributed by atoms with Crippen LogP contribution >= 0.6 is 0 Å². The first-order chi connectivity index (χ1) is 8.20. The summed E-state index contributed by atoms with van der Waals surface area (Å²) in [7, 11) is 0. The number of nitrogens with one attached hydrogen (secondary N) is 1. The van der Waals surface area contributed by atoms with E-state index in [1.807, 2.05) is 0 Å². The molecule has 0 saturated carbocycles. The predicted molar refractivity (Wildman–Crippen MR) is 64.2 cm³/mol. The number of rotatable bonds is 3. The van der Waals surface area contributed by atoms with Gasteiger partial charge in [0, 0.05) is 18.0 Å². The minimum Gasteiger partial charge on any atom is -0.347 e. The molecule has 4 heteroatoms. The first-order valence-electron chi connectivity index (χ1n) is 5.16. The molecule has 1 heterocycles. The van der Waals surface area contributed by atoms with E-state index in [-0.39, 0.29) is 17.4 Å². The molecule has 0 aliphatic heterocycles. The number of hydrogen-bond acceptors (Lipinski definition) is 2. The van der Waals surface area contributed by atoms with Crippen molar-refractivity contribution in [2.24, 2.45) is 0 Å². The maximum Gasteiger partial charge on any atom is 0.270 e. The molecule has 1 N–H and O–H groups in total. The van der Waals surface area contributed by atoms with Crippen LogP contribution in [0.2, 0.25) is 0 Å². The van der Waals surface area contributed by atoms with Gasteiger partial charge in [0.1, 0.15) is 11.5 Å². The summed E-state index contributed by atoms with van der Waals surface area (Å²) in [5.41, 5.74) is 0.737. The topological polar surface area (TPSA) is 42.0 Å². The number of nitrogens with zero attached hydrogens (tertiary/aromatic N) is 1. The fraction of sp³-hybridized carbons (Fsp3) is 0.0769. The largest absolute Gasteiger partial charge is 0.347 e. The predicted octanol–water partition coefficient (Wildman–Crippen LogP) is 2.29. The molecule has 86 valence electrons. The lowest BCUT2D eigenvalue weighted by Gasteiger charge is -2.03. The maximum absolute atomic E-state index is 13.0. The van der Waals surface area contributed by atoms with Gasteiger partial charge in [-0.25, -0.2) is 9.37 Å². The number of carbonyl (C=O) groups is 1. The van der Waals surface area contributed by atoms with Crippen molar-refractivity contribution in [1.29, 1.82) is 0 Å². The third kappa shape index (κ3) is 2.47. The summed E-state index contributed by atoms with van der Waals surface area (Å²) in [5, 5.41) is 3.41. The fourth-order valence-corrected chi connectivity index (χ4v) is 1.47. The van der Waals surface area contributed by atoms with Crippen molar-refractivity contribution < 1.29 is 9.18 Å². The molecule has 1 amide bonds. The molecule has 2 rings (SSSR count). The first kappa shape index (κ1) is 11.3. The highest BCUT2D eigenvalue weighted by molar-refractivity contribution is 5.94. The van der Waals surface area contributed by atoms with E-state index in [1.54, 1.807) is 24.3 Å². The Hall–Kier alpha value is -2.23. The minimum atomic E-state index is -0.367. The van der Waals surface area contributed by atoms with Crippen molar-refractivity contribution in [2.75, 3.05) is 6.54 Å². The van der Waals surface area contributed by atoms with Gasteiger partial charge in [-0.2, -0.15) is 0 Å². The molecule has 0 aliphatic carbocycles. The third-order valence-electron chi connectivity index (χ3n) is 2.29. The number of fused-ring (bicyclic) bond motifs is 1. The summed E-state index contributed by atoms with van der Waals surface area (Å²) in [5.74, 6) is -0.662. The lowest BCUT2D eigenvalue weighted by molar-refractivity contribution is 0.0953. The molecule has 0 bridgehead atoms. The van der Waals surface area contributed by atoms with Gasteiger partial charge in [0.05, 0.1) is 5.52 Å². The van der Waals surface area contributed by atoms with Crippen LogP contribution in [-0.4, -0.2) is 17.4 Å². The zero-order valence-electron chi connectivity index (χ0n) is 9.11. The van der Waals surface area contributed by atoms with Gasteiger partial charge in [-0.1, -0.05) is 12.1 Å². The van der Waals surface area contributed by atoms with Crippen LogP contribution in [0, 0.1) is 5.82 Å². The summed E-state index contributed by atoms with van der Waals surface area (Å²) in [6, 6.07) is 7.65. The van der Waals surface area contributed by atoms with Gasteiger partial charge in [0.15, 0.2) is 0 Å².